The van der Waals surface area contributed by atoms with Gasteiger partial charge in [-0.25, -0.2) is 4.79 Å². The quantitative estimate of drug-likeness (QED) is 0.371. The van der Waals surface area contributed by atoms with Crippen LogP contribution in [0.5, 0.6) is 11.5 Å². The molecule has 0 fully saturated rings. The summed E-state index contributed by atoms with van der Waals surface area (Å²) in [6, 6.07) is 6.12. The Morgan fingerprint density at radius 2 is 1.82 bits per heavy atom. The van der Waals surface area contributed by atoms with Gasteiger partial charge in [0.15, 0.2) is 5.75 Å². The van der Waals surface area contributed by atoms with E-state index in [1.165, 1.54) is 19.2 Å². The lowest BCUT2D eigenvalue weighted by molar-refractivity contribution is -0.145. The van der Waals surface area contributed by atoms with Crippen LogP contribution in [-0.4, -0.2) is 32.6 Å². The zero-order valence-electron chi connectivity index (χ0n) is 19.4. The summed E-state index contributed by atoms with van der Waals surface area (Å²) in [5.74, 6) is -1.78. The topological polar surface area (TPSA) is 116 Å². The number of hydrogen-bond acceptors (Lipinski definition) is 8. The number of esters is 2. The number of methoxy groups -OCH3 is 1. The van der Waals surface area contributed by atoms with E-state index in [1.54, 1.807) is 19.1 Å². The summed E-state index contributed by atoms with van der Waals surface area (Å²) in [6.45, 7) is 5.27. The number of aryl methyl sites for hydroxylation is 1. The Hall–Kier alpha value is -3.33. The molecule has 9 heteroatoms. The molecular formula is C25H26O8S. The van der Waals surface area contributed by atoms with Crippen LogP contribution in [0.2, 0.25) is 0 Å². The number of benzene rings is 2. The highest BCUT2D eigenvalue weighted by molar-refractivity contribution is 7.87. The molecule has 0 radical (unpaired) electrons. The number of carbonyl (C=O) groups is 2. The second-order valence-corrected chi connectivity index (χ2v) is 10.3. The molecule has 0 saturated heterocycles. The van der Waals surface area contributed by atoms with E-state index in [-0.39, 0.29) is 52.4 Å². The van der Waals surface area contributed by atoms with E-state index in [0.717, 1.165) is 16.7 Å². The van der Waals surface area contributed by atoms with Gasteiger partial charge in [0.05, 0.1) is 13.0 Å². The summed E-state index contributed by atoms with van der Waals surface area (Å²) in [5, 5.41) is 11.0. The van der Waals surface area contributed by atoms with Gasteiger partial charge in [-0.05, 0) is 51.3 Å². The van der Waals surface area contributed by atoms with Crippen LogP contribution in [0.25, 0.3) is 0 Å². The maximum atomic E-state index is 13.1. The third-order valence-corrected chi connectivity index (χ3v) is 7.76. The van der Waals surface area contributed by atoms with Crippen LogP contribution in [0.3, 0.4) is 0 Å². The van der Waals surface area contributed by atoms with E-state index in [4.69, 9.17) is 13.7 Å². The summed E-state index contributed by atoms with van der Waals surface area (Å²) >= 11 is 0. The molecule has 0 spiro atoms. The number of rotatable bonds is 6. The highest BCUT2D eigenvalue weighted by Gasteiger charge is 2.37. The molecule has 4 rings (SSSR count). The van der Waals surface area contributed by atoms with Gasteiger partial charge in [0, 0.05) is 17.5 Å². The largest absolute Gasteiger partial charge is 0.507 e. The van der Waals surface area contributed by atoms with E-state index in [1.807, 2.05) is 13.8 Å². The Kier molecular flexibility index (Phi) is 6.16. The Balaban J connectivity index is 1.81. The highest BCUT2D eigenvalue weighted by Crippen LogP contribution is 2.45. The summed E-state index contributed by atoms with van der Waals surface area (Å²) in [5.41, 5.74) is 3.67. The van der Waals surface area contributed by atoms with Gasteiger partial charge in [-0.3, -0.25) is 4.79 Å². The zero-order chi connectivity index (χ0) is 24.8. The number of fused-ring (bicyclic) bond motifs is 1. The smallest absolute Gasteiger partial charge is 0.342 e. The van der Waals surface area contributed by atoms with Crippen molar-refractivity contribution in [2.45, 2.75) is 51.5 Å². The van der Waals surface area contributed by atoms with Gasteiger partial charge < -0.3 is 18.8 Å². The summed E-state index contributed by atoms with van der Waals surface area (Å²) in [4.78, 5) is 24.6. The number of cyclic esters (lactones) is 1. The van der Waals surface area contributed by atoms with E-state index < -0.39 is 16.1 Å². The molecule has 0 amide bonds. The average Bonchev–Trinajstić information content (AvgIpc) is 3.36. The van der Waals surface area contributed by atoms with Crippen LogP contribution < -0.4 is 4.18 Å². The van der Waals surface area contributed by atoms with Crippen molar-refractivity contribution >= 4 is 22.1 Å². The van der Waals surface area contributed by atoms with Crippen molar-refractivity contribution < 1.29 is 36.8 Å². The fourth-order valence-electron chi connectivity index (χ4n) is 4.50. The number of phenols is 1. The molecule has 0 bridgehead atoms. The first kappa shape index (κ1) is 23.8. The molecular weight excluding hydrogens is 460 g/mol. The third kappa shape index (κ3) is 4.16. The molecule has 180 valence electrons. The van der Waals surface area contributed by atoms with E-state index in [0.29, 0.717) is 24.0 Å². The monoisotopic (exact) mass is 486 g/mol. The van der Waals surface area contributed by atoms with Gasteiger partial charge in [0.25, 0.3) is 0 Å². The molecule has 8 nitrogen and oxygen atoms in total. The van der Waals surface area contributed by atoms with Crippen LogP contribution in [0.4, 0.5) is 0 Å². The van der Waals surface area contributed by atoms with Crippen LogP contribution >= 0.6 is 0 Å². The second-order valence-electron chi connectivity index (χ2n) is 8.75. The normalized spacial score (nSPS) is 17.5. The van der Waals surface area contributed by atoms with Crippen molar-refractivity contribution in [3.05, 3.63) is 63.2 Å². The summed E-state index contributed by atoms with van der Waals surface area (Å²) < 4.78 is 41.8. The first-order chi connectivity index (χ1) is 16.0. The summed E-state index contributed by atoms with van der Waals surface area (Å²) in [7, 11) is -2.98. The number of ether oxygens (including phenoxy) is 2. The number of phenolic OH excluding ortho intramolecular Hbond substituents is 1. The van der Waals surface area contributed by atoms with E-state index in [9.17, 15) is 23.1 Å². The maximum absolute atomic E-state index is 13.1. The lowest BCUT2D eigenvalue weighted by atomic mass is 9.92. The van der Waals surface area contributed by atoms with Crippen LogP contribution in [0, 0.1) is 19.8 Å². The minimum atomic E-state index is -4.31. The number of carbonyl (C=O) groups excluding carboxylic acids is 2. The average molecular weight is 487 g/mol. The van der Waals surface area contributed by atoms with Gasteiger partial charge in [0.1, 0.15) is 22.8 Å². The molecule has 2 aliphatic rings. The van der Waals surface area contributed by atoms with Crippen molar-refractivity contribution in [1.29, 1.82) is 0 Å². The van der Waals surface area contributed by atoms with E-state index >= 15 is 0 Å². The van der Waals surface area contributed by atoms with Gasteiger partial charge in [-0.2, -0.15) is 8.42 Å². The number of hydrogen-bond donors (Lipinski definition) is 1. The third-order valence-electron chi connectivity index (χ3n) is 6.52. The minimum absolute atomic E-state index is 0.00162. The molecule has 2 aromatic rings. The number of allylic oxidation sites excluding steroid dienone is 2. The van der Waals surface area contributed by atoms with Crippen molar-refractivity contribution in [3.63, 3.8) is 0 Å². The molecule has 34 heavy (non-hydrogen) atoms. The molecule has 1 N–H and O–H groups in total. The number of aromatic hydroxyl groups is 1. The lowest BCUT2D eigenvalue weighted by Crippen LogP contribution is -2.15. The molecule has 0 aromatic heterocycles. The van der Waals surface area contributed by atoms with Crippen molar-refractivity contribution in [1.82, 2.24) is 0 Å². The fraction of sp³-hybridized carbons (Fsp3) is 0.360. The second kappa shape index (κ2) is 8.79. The van der Waals surface area contributed by atoms with Crippen molar-refractivity contribution in [3.8, 4) is 11.5 Å². The minimum Gasteiger partial charge on any atom is -0.507 e. The van der Waals surface area contributed by atoms with E-state index in [2.05, 4.69) is 0 Å². The summed E-state index contributed by atoms with van der Waals surface area (Å²) in [6.07, 6.45) is 1.03. The molecule has 1 aliphatic heterocycles. The predicted octanol–water partition coefficient (Wildman–Crippen LogP) is 3.89. The Bertz CT molecular complexity index is 1320. The van der Waals surface area contributed by atoms with Gasteiger partial charge >= 0.3 is 22.1 Å². The van der Waals surface area contributed by atoms with Crippen LogP contribution in [0.1, 0.15) is 52.4 Å². The first-order valence-electron chi connectivity index (χ1n) is 10.8. The molecule has 2 aromatic carbocycles. The Morgan fingerprint density at radius 1 is 1.15 bits per heavy atom. The molecule has 1 unspecified atom stereocenters. The van der Waals surface area contributed by atoms with Crippen molar-refractivity contribution in [2.24, 2.45) is 5.92 Å². The SMILES string of the molecule is COC(=O)C1CC(C)=C(Cc2c(O)c(C)c3c(c2OS(=O)(=O)c2ccc(C)cc2)C(=O)OC3)C1. The van der Waals surface area contributed by atoms with Gasteiger partial charge in [-0.1, -0.05) is 28.8 Å². The zero-order valence-corrected chi connectivity index (χ0v) is 20.2. The van der Waals surface area contributed by atoms with Crippen molar-refractivity contribution in [2.75, 3.05) is 7.11 Å². The fourth-order valence-corrected chi connectivity index (χ4v) is 5.47. The predicted molar refractivity (Wildman–Crippen MR) is 122 cm³/mol. The van der Waals surface area contributed by atoms with Crippen LogP contribution in [0.15, 0.2) is 40.3 Å². The Labute approximate surface area is 198 Å². The maximum Gasteiger partial charge on any atom is 0.342 e. The lowest BCUT2D eigenvalue weighted by Gasteiger charge is -2.18. The van der Waals surface area contributed by atoms with Crippen LogP contribution in [-0.2, 0) is 37.4 Å². The molecule has 0 saturated carbocycles. The van der Waals surface area contributed by atoms with Gasteiger partial charge in [0.2, 0.25) is 0 Å². The molecule has 1 heterocycles. The molecule has 1 aliphatic carbocycles. The molecule has 1 atom stereocenters. The highest BCUT2D eigenvalue weighted by atomic mass is 32.2. The Morgan fingerprint density at radius 3 is 2.47 bits per heavy atom. The van der Waals surface area contributed by atoms with Gasteiger partial charge in [-0.15, -0.1) is 0 Å². The standard InChI is InChI=1S/C25H26O8S/c1-13-5-7-18(8-6-13)34(29,30)33-23-19(11-16-10-17(9-14(16)2)24(27)31-4)22(26)15(3)20-12-32-25(28)21(20)23/h5-8,17,26H,9-12H2,1-4H3. The first-order valence-corrected chi connectivity index (χ1v) is 12.2.